The summed E-state index contributed by atoms with van der Waals surface area (Å²) in [5, 5.41) is 8.86. The Morgan fingerprint density at radius 3 is 2.85 bits per heavy atom. The van der Waals surface area contributed by atoms with Gasteiger partial charge in [-0.25, -0.2) is 4.39 Å². The molecule has 1 aliphatic heterocycles. The maximum atomic E-state index is 13.5. The Kier molecular flexibility index (Phi) is 4.59. The number of benzene rings is 1. The molecule has 0 spiro atoms. The molecule has 1 N–H and O–H groups in total. The highest BCUT2D eigenvalue weighted by Crippen LogP contribution is 2.22. The predicted octanol–water partition coefficient (Wildman–Crippen LogP) is 1.90. The minimum Gasteiger partial charge on any atom is -0.481 e. The first-order valence-corrected chi connectivity index (χ1v) is 6.85. The molecule has 5 nitrogen and oxygen atoms in total. The molecule has 0 radical (unpaired) electrons. The second-order valence-electron chi connectivity index (χ2n) is 4.53. The number of carbonyl (C=O) groups is 2. The Bertz CT molecular complexity index is 537. The number of halogens is 2. The van der Waals surface area contributed by atoms with E-state index in [0.29, 0.717) is 17.4 Å². The lowest BCUT2D eigenvalue weighted by atomic mass is 10.1. The van der Waals surface area contributed by atoms with Crippen LogP contribution in [0.25, 0.3) is 0 Å². The molecule has 1 aliphatic rings. The van der Waals surface area contributed by atoms with Crippen LogP contribution in [0, 0.1) is 11.7 Å². The number of amides is 1. The molecule has 0 aliphatic carbocycles. The van der Waals surface area contributed by atoms with Gasteiger partial charge in [0.15, 0.2) is 18.2 Å². The largest absolute Gasteiger partial charge is 0.481 e. The van der Waals surface area contributed by atoms with Crippen molar-refractivity contribution in [3.8, 4) is 5.75 Å². The molecule has 1 aromatic carbocycles. The van der Waals surface area contributed by atoms with Crippen molar-refractivity contribution in [2.45, 2.75) is 6.42 Å². The summed E-state index contributed by atoms with van der Waals surface area (Å²) >= 11 is 3.12. The molecule has 1 aromatic rings. The van der Waals surface area contributed by atoms with Crippen molar-refractivity contribution in [2.75, 3.05) is 19.7 Å². The van der Waals surface area contributed by atoms with Gasteiger partial charge in [0.2, 0.25) is 0 Å². The van der Waals surface area contributed by atoms with Gasteiger partial charge in [0, 0.05) is 17.6 Å². The summed E-state index contributed by atoms with van der Waals surface area (Å²) in [6.07, 6.45) is 0.438. The maximum Gasteiger partial charge on any atom is 0.308 e. The fourth-order valence-corrected chi connectivity index (χ4v) is 2.34. The molecule has 1 fully saturated rings. The SMILES string of the molecule is O=C(O)C1CCN(C(=O)COc2ccc(Br)cc2F)C1. The second-order valence-corrected chi connectivity index (χ2v) is 5.44. The molecule has 0 saturated carbocycles. The van der Waals surface area contributed by atoms with Crippen LogP contribution in [0.3, 0.4) is 0 Å². The number of likely N-dealkylation sites (tertiary alicyclic amines) is 1. The van der Waals surface area contributed by atoms with E-state index >= 15 is 0 Å². The Hall–Kier alpha value is -1.63. The Balaban J connectivity index is 1.88. The molecule has 7 heteroatoms. The highest BCUT2D eigenvalue weighted by molar-refractivity contribution is 9.10. The number of aliphatic carboxylic acids is 1. The fourth-order valence-electron chi connectivity index (χ4n) is 2.01. The van der Waals surface area contributed by atoms with E-state index in [0.717, 1.165) is 0 Å². The van der Waals surface area contributed by atoms with Gasteiger partial charge in [-0.05, 0) is 24.6 Å². The zero-order valence-electron chi connectivity index (χ0n) is 10.5. The van der Waals surface area contributed by atoms with E-state index in [1.807, 2.05) is 0 Å². The van der Waals surface area contributed by atoms with Gasteiger partial charge < -0.3 is 14.7 Å². The van der Waals surface area contributed by atoms with Crippen molar-refractivity contribution in [1.82, 2.24) is 4.90 Å². The van der Waals surface area contributed by atoms with Crippen LogP contribution in [-0.4, -0.2) is 41.6 Å². The van der Waals surface area contributed by atoms with Crippen LogP contribution in [0.1, 0.15) is 6.42 Å². The van der Waals surface area contributed by atoms with Crippen LogP contribution in [0.15, 0.2) is 22.7 Å². The van der Waals surface area contributed by atoms with Crippen molar-refractivity contribution in [3.05, 3.63) is 28.5 Å². The first kappa shape index (κ1) is 14.8. The molecule has 1 saturated heterocycles. The lowest BCUT2D eigenvalue weighted by molar-refractivity contribution is -0.141. The average Bonchev–Trinajstić information content (AvgIpc) is 2.87. The Labute approximate surface area is 123 Å². The molecule has 0 aromatic heterocycles. The number of nitrogens with zero attached hydrogens (tertiary/aromatic N) is 1. The predicted molar refractivity (Wildman–Crippen MR) is 71.9 cm³/mol. The second kappa shape index (κ2) is 6.21. The van der Waals surface area contributed by atoms with Crippen molar-refractivity contribution in [3.63, 3.8) is 0 Å². The first-order chi connectivity index (χ1) is 9.47. The average molecular weight is 346 g/mol. The summed E-state index contributed by atoms with van der Waals surface area (Å²) in [5.74, 6) is -2.33. The van der Waals surface area contributed by atoms with Gasteiger partial charge in [0.25, 0.3) is 5.91 Å². The van der Waals surface area contributed by atoms with E-state index in [9.17, 15) is 14.0 Å². The smallest absolute Gasteiger partial charge is 0.308 e. The van der Waals surface area contributed by atoms with Gasteiger partial charge in [-0.15, -0.1) is 0 Å². The van der Waals surface area contributed by atoms with Crippen LogP contribution in [0.4, 0.5) is 4.39 Å². The van der Waals surface area contributed by atoms with Crippen molar-refractivity contribution < 1.29 is 23.8 Å². The number of hydrogen-bond donors (Lipinski definition) is 1. The zero-order valence-corrected chi connectivity index (χ0v) is 12.1. The quantitative estimate of drug-likeness (QED) is 0.904. The molecule has 0 bridgehead atoms. The van der Waals surface area contributed by atoms with Gasteiger partial charge in [0.05, 0.1) is 5.92 Å². The number of carboxylic acid groups (broad SMARTS) is 1. The van der Waals surface area contributed by atoms with E-state index in [4.69, 9.17) is 9.84 Å². The summed E-state index contributed by atoms with van der Waals surface area (Å²) in [6.45, 7) is 0.271. The highest BCUT2D eigenvalue weighted by Gasteiger charge is 2.30. The summed E-state index contributed by atoms with van der Waals surface area (Å²) in [4.78, 5) is 24.1. The molecule has 108 valence electrons. The van der Waals surface area contributed by atoms with Crippen LogP contribution >= 0.6 is 15.9 Å². The van der Waals surface area contributed by atoms with Gasteiger partial charge in [-0.2, -0.15) is 0 Å². The number of carbonyl (C=O) groups excluding carboxylic acids is 1. The molecular weight excluding hydrogens is 333 g/mol. The number of rotatable bonds is 4. The van der Waals surface area contributed by atoms with Gasteiger partial charge in [-0.3, -0.25) is 9.59 Å². The van der Waals surface area contributed by atoms with E-state index in [1.54, 1.807) is 6.07 Å². The first-order valence-electron chi connectivity index (χ1n) is 6.06. The minimum atomic E-state index is -0.903. The van der Waals surface area contributed by atoms with E-state index in [2.05, 4.69) is 15.9 Å². The number of hydrogen-bond acceptors (Lipinski definition) is 3. The maximum absolute atomic E-state index is 13.5. The monoisotopic (exact) mass is 345 g/mol. The molecule has 1 unspecified atom stereocenters. The Morgan fingerprint density at radius 1 is 1.50 bits per heavy atom. The zero-order chi connectivity index (χ0) is 14.7. The molecule has 1 heterocycles. The van der Waals surface area contributed by atoms with E-state index < -0.39 is 17.7 Å². The molecule has 1 amide bonds. The third kappa shape index (κ3) is 3.47. The van der Waals surface area contributed by atoms with Gasteiger partial charge in [0.1, 0.15) is 0 Å². The van der Waals surface area contributed by atoms with Crippen molar-refractivity contribution >= 4 is 27.8 Å². The summed E-state index contributed by atoms with van der Waals surface area (Å²) < 4.78 is 19.2. The van der Waals surface area contributed by atoms with E-state index in [-0.39, 0.29) is 24.8 Å². The lowest BCUT2D eigenvalue weighted by Gasteiger charge is -2.16. The standard InChI is InChI=1S/C13H13BrFNO4/c14-9-1-2-11(10(15)5-9)20-7-12(17)16-4-3-8(6-16)13(18)19/h1-2,5,8H,3-4,6-7H2,(H,18,19). The molecular formula is C13H13BrFNO4. The van der Waals surface area contributed by atoms with Crippen LogP contribution in [0.5, 0.6) is 5.75 Å². The van der Waals surface area contributed by atoms with Gasteiger partial charge >= 0.3 is 5.97 Å². The minimum absolute atomic E-state index is 0.00414. The lowest BCUT2D eigenvalue weighted by Crippen LogP contribution is -2.33. The summed E-state index contributed by atoms with van der Waals surface area (Å²) in [7, 11) is 0. The van der Waals surface area contributed by atoms with Crippen LogP contribution in [0.2, 0.25) is 0 Å². The topological polar surface area (TPSA) is 66.8 Å². The molecule has 2 rings (SSSR count). The highest BCUT2D eigenvalue weighted by atomic mass is 79.9. The third-order valence-corrected chi connectivity index (χ3v) is 3.63. The summed E-state index contributed by atoms with van der Waals surface area (Å²) in [5.41, 5.74) is 0. The summed E-state index contributed by atoms with van der Waals surface area (Å²) in [6, 6.07) is 4.28. The molecule has 20 heavy (non-hydrogen) atoms. The van der Waals surface area contributed by atoms with Gasteiger partial charge in [-0.1, -0.05) is 15.9 Å². The third-order valence-electron chi connectivity index (χ3n) is 3.14. The molecule has 1 atom stereocenters. The van der Waals surface area contributed by atoms with Crippen LogP contribution in [-0.2, 0) is 9.59 Å². The number of carboxylic acids is 1. The number of ether oxygens (including phenoxy) is 1. The van der Waals surface area contributed by atoms with Crippen molar-refractivity contribution in [2.24, 2.45) is 5.92 Å². The van der Waals surface area contributed by atoms with E-state index in [1.165, 1.54) is 17.0 Å². The van der Waals surface area contributed by atoms with Crippen LogP contribution < -0.4 is 4.74 Å². The normalized spacial score (nSPS) is 18.1. The Morgan fingerprint density at radius 2 is 2.25 bits per heavy atom. The van der Waals surface area contributed by atoms with Crippen molar-refractivity contribution in [1.29, 1.82) is 0 Å². The fraction of sp³-hybridized carbons (Fsp3) is 0.385.